The molecule has 1 aromatic heterocycles. The number of benzene rings is 1. The van der Waals surface area contributed by atoms with Crippen molar-refractivity contribution in [2.75, 3.05) is 6.54 Å². The summed E-state index contributed by atoms with van der Waals surface area (Å²) < 4.78 is 26.9. The van der Waals surface area contributed by atoms with Crippen LogP contribution in [0.25, 0.3) is 0 Å². The first-order valence-corrected chi connectivity index (χ1v) is 8.13. The first-order valence-electron chi connectivity index (χ1n) is 6.64. The number of aliphatic hydroxyl groups is 1. The van der Waals surface area contributed by atoms with Crippen molar-refractivity contribution >= 4 is 10.0 Å². The van der Waals surface area contributed by atoms with Crippen molar-refractivity contribution in [1.29, 1.82) is 0 Å². The first kappa shape index (κ1) is 15.7. The van der Waals surface area contributed by atoms with E-state index in [0.717, 1.165) is 11.1 Å². The van der Waals surface area contributed by atoms with Gasteiger partial charge in [-0.2, -0.15) is 5.10 Å². The maximum Gasteiger partial charge on any atom is 0.260 e. The van der Waals surface area contributed by atoms with Crippen LogP contribution in [0.4, 0.5) is 0 Å². The minimum Gasteiger partial charge on any atom is -0.392 e. The fourth-order valence-electron chi connectivity index (χ4n) is 2.12. The van der Waals surface area contributed by atoms with Crippen LogP contribution in [0.2, 0.25) is 0 Å². The normalized spacial score (nSPS) is 11.8. The molecule has 0 saturated heterocycles. The molecule has 1 aromatic carbocycles. The van der Waals surface area contributed by atoms with E-state index in [1.807, 2.05) is 31.2 Å². The molecule has 0 unspecified atom stereocenters. The molecule has 7 heteroatoms. The number of hydrogen-bond acceptors (Lipinski definition) is 4. The van der Waals surface area contributed by atoms with Crippen LogP contribution in [0, 0.1) is 13.8 Å². The molecule has 1 heterocycles. The average Bonchev–Trinajstić information content (AvgIpc) is 2.82. The van der Waals surface area contributed by atoms with Gasteiger partial charge in [0.2, 0.25) is 0 Å². The van der Waals surface area contributed by atoms with Gasteiger partial charge in [-0.3, -0.25) is 5.10 Å². The minimum absolute atomic E-state index is 0.132. The van der Waals surface area contributed by atoms with Gasteiger partial charge in [0.25, 0.3) is 10.0 Å². The topological polar surface area (TPSA) is 95.1 Å². The highest BCUT2D eigenvalue weighted by molar-refractivity contribution is 7.89. The molecule has 0 saturated carbocycles. The average molecular weight is 309 g/mol. The number of aryl methyl sites for hydroxylation is 2. The Labute approximate surface area is 124 Å². The Hall–Kier alpha value is -1.70. The highest BCUT2D eigenvalue weighted by atomic mass is 32.2. The standard InChI is InChI=1S/C14H19N3O3S/c1-10-5-3-4-6-12(10)7-8-15-21(19,20)14-13(9-18)11(2)16-17-14/h3-6,15,18H,7-9H2,1-2H3,(H,16,17). The van der Waals surface area contributed by atoms with E-state index < -0.39 is 10.0 Å². The van der Waals surface area contributed by atoms with Gasteiger partial charge in [-0.15, -0.1) is 0 Å². The Morgan fingerprint density at radius 2 is 2.00 bits per heavy atom. The Kier molecular flexibility index (Phi) is 4.76. The van der Waals surface area contributed by atoms with Crippen molar-refractivity contribution in [3.8, 4) is 0 Å². The van der Waals surface area contributed by atoms with Gasteiger partial charge in [0.1, 0.15) is 0 Å². The lowest BCUT2D eigenvalue weighted by atomic mass is 10.1. The Morgan fingerprint density at radius 3 is 2.67 bits per heavy atom. The summed E-state index contributed by atoms with van der Waals surface area (Å²) in [6.07, 6.45) is 0.601. The van der Waals surface area contributed by atoms with Crippen molar-refractivity contribution in [2.24, 2.45) is 0 Å². The minimum atomic E-state index is -3.72. The van der Waals surface area contributed by atoms with Crippen LogP contribution in [-0.2, 0) is 23.1 Å². The maximum atomic E-state index is 12.2. The molecule has 0 fully saturated rings. The van der Waals surface area contributed by atoms with Crippen LogP contribution in [-0.4, -0.2) is 30.3 Å². The summed E-state index contributed by atoms with van der Waals surface area (Å²) in [4.78, 5) is 0. The van der Waals surface area contributed by atoms with Gasteiger partial charge in [0, 0.05) is 17.8 Å². The third kappa shape index (κ3) is 3.49. The van der Waals surface area contributed by atoms with Gasteiger partial charge in [-0.25, -0.2) is 13.1 Å². The molecule has 0 bridgehead atoms. The zero-order valence-electron chi connectivity index (χ0n) is 12.0. The molecule has 6 nitrogen and oxygen atoms in total. The van der Waals surface area contributed by atoms with E-state index in [9.17, 15) is 13.5 Å². The molecule has 2 aromatic rings. The SMILES string of the molecule is Cc1ccccc1CCNS(=O)(=O)c1n[nH]c(C)c1CO. The molecule has 0 aliphatic rings. The zero-order valence-corrected chi connectivity index (χ0v) is 12.9. The van der Waals surface area contributed by atoms with Crippen LogP contribution in [0.15, 0.2) is 29.3 Å². The number of sulfonamides is 1. The first-order chi connectivity index (χ1) is 9.95. The molecule has 0 radical (unpaired) electrons. The lowest BCUT2D eigenvalue weighted by molar-refractivity contribution is 0.277. The lowest BCUT2D eigenvalue weighted by Gasteiger charge is -2.08. The quantitative estimate of drug-likeness (QED) is 0.743. The predicted octanol–water partition coefficient (Wildman–Crippen LogP) is 1.04. The summed E-state index contributed by atoms with van der Waals surface area (Å²) in [6.45, 7) is 3.58. The summed E-state index contributed by atoms with van der Waals surface area (Å²) in [5, 5.41) is 15.5. The number of hydrogen-bond donors (Lipinski definition) is 3. The summed E-state index contributed by atoms with van der Waals surface area (Å²) in [7, 11) is -3.72. The van der Waals surface area contributed by atoms with Gasteiger partial charge < -0.3 is 5.11 Å². The predicted molar refractivity (Wildman–Crippen MR) is 79.3 cm³/mol. The van der Waals surface area contributed by atoms with E-state index in [1.54, 1.807) is 6.92 Å². The van der Waals surface area contributed by atoms with E-state index in [2.05, 4.69) is 14.9 Å². The van der Waals surface area contributed by atoms with E-state index in [-0.39, 0.29) is 18.2 Å². The van der Waals surface area contributed by atoms with Crippen molar-refractivity contribution in [3.63, 3.8) is 0 Å². The summed E-state index contributed by atoms with van der Waals surface area (Å²) in [5.74, 6) is 0. The number of rotatable bonds is 6. The number of nitrogens with one attached hydrogen (secondary N) is 2. The van der Waals surface area contributed by atoms with Crippen LogP contribution in [0.5, 0.6) is 0 Å². The summed E-state index contributed by atoms with van der Waals surface area (Å²) in [5.41, 5.74) is 3.08. The molecule has 21 heavy (non-hydrogen) atoms. The Morgan fingerprint density at radius 1 is 1.29 bits per heavy atom. The van der Waals surface area contributed by atoms with Gasteiger partial charge in [-0.05, 0) is 31.4 Å². The number of aromatic nitrogens is 2. The van der Waals surface area contributed by atoms with Gasteiger partial charge >= 0.3 is 0 Å². The highest BCUT2D eigenvalue weighted by Gasteiger charge is 2.22. The molecule has 3 N–H and O–H groups in total. The molecule has 0 amide bonds. The molecule has 0 aliphatic heterocycles. The molecule has 0 aliphatic carbocycles. The number of nitrogens with zero attached hydrogens (tertiary/aromatic N) is 1. The zero-order chi connectivity index (χ0) is 15.5. The summed E-state index contributed by atoms with van der Waals surface area (Å²) >= 11 is 0. The van der Waals surface area contributed by atoms with Gasteiger partial charge in [-0.1, -0.05) is 24.3 Å². The van der Waals surface area contributed by atoms with Crippen LogP contribution in [0.1, 0.15) is 22.4 Å². The van der Waals surface area contributed by atoms with Crippen LogP contribution < -0.4 is 4.72 Å². The van der Waals surface area contributed by atoms with Crippen molar-refractivity contribution < 1.29 is 13.5 Å². The Balaban J connectivity index is 2.07. The second-order valence-electron chi connectivity index (χ2n) is 4.86. The monoisotopic (exact) mass is 309 g/mol. The van der Waals surface area contributed by atoms with Crippen LogP contribution in [0.3, 0.4) is 0 Å². The fraction of sp³-hybridized carbons (Fsp3) is 0.357. The fourth-order valence-corrected chi connectivity index (χ4v) is 3.33. The smallest absolute Gasteiger partial charge is 0.260 e. The Bertz CT molecular complexity index is 723. The number of aromatic amines is 1. The van der Waals surface area contributed by atoms with Crippen molar-refractivity contribution in [2.45, 2.75) is 31.9 Å². The molecule has 0 spiro atoms. The van der Waals surface area contributed by atoms with Crippen LogP contribution >= 0.6 is 0 Å². The summed E-state index contributed by atoms with van der Waals surface area (Å²) in [6, 6.07) is 7.84. The van der Waals surface area contributed by atoms with E-state index in [4.69, 9.17) is 0 Å². The number of aliphatic hydroxyl groups excluding tert-OH is 1. The highest BCUT2D eigenvalue weighted by Crippen LogP contribution is 2.16. The maximum absolute atomic E-state index is 12.2. The van der Waals surface area contributed by atoms with Crippen molar-refractivity contribution in [3.05, 3.63) is 46.6 Å². The van der Waals surface area contributed by atoms with Gasteiger partial charge in [0.05, 0.1) is 6.61 Å². The van der Waals surface area contributed by atoms with E-state index in [0.29, 0.717) is 17.7 Å². The molecule has 0 atom stereocenters. The second-order valence-corrected chi connectivity index (χ2v) is 6.55. The molecule has 2 rings (SSSR count). The lowest BCUT2D eigenvalue weighted by Crippen LogP contribution is -2.27. The molecular formula is C14H19N3O3S. The van der Waals surface area contributed by atoms with E-state index >= 15 is 0 Å². The second kappa shape index (κ2) is 6.38. The number of H-pyrrole nitrogens is 1. The van der Waals surface area contributed by atoms with Gasteiger partial charge in [0.15, 0.2) is 5.03 Å². The van der Waals surface area contributed by atoms with Crippen molar-refractivity contribution in [1.82, 2.24) is 14.9 Å². The largest absolute Gasteiger partial charge is 0.392 e. The third-order valence-corrected chi connectivity index (χ3v) is 4.83. The van der Waals surface area contributed by atoms with E-state index in [1.165, 1.54) is 0 Å². The molecule has 114 valence electrons. The molecular weight excluding hydrogens is 290 g/mol. The third-order valence-electron chi connectivity index (χ3n) is 3.40.